The monoisotopic (exact) mass is 258 g/mol. The first-order valence-corrected chi connectivity index (χ1v) is 8.58. The van der Waals surface area contributed by atoms with E-state index in [0.29, 0.717) is 5.41 Å². The molecule has 0 aliphatic heterocycles. The molecule has 0 spiro atoms. The predicted octanol–water partition coefficient (Wildman–Crippen LogP) is 6.04. The number of allylic oxidation sites excluding steroid dienone is 4. The number of hydrogen-bond donors (Lipinski definition) is 0. The van der Waals surface area contributed by atoms with Crippen LogP contribution in [-0.2, 0) is 0 Å². The molecule has 2 unspecified atom stereocenters. The topological polar surface area (TPSA) is 0 Å². The molecule has 3 fully saturated rings. The molecule has 0 saturated heterocycles. The van der Waals surface area contributed by atoms with Gasteiger partial charge in [-0.3, -0.25) is 0 Å². The van der Waals surface area contributed by atoms with Gasteiger partial charge in [0, 0.05) is 0 Å². The van der Waals surface area contributed by atoms with Crippen molar-refractivity contribution < 1.29 is 0 Å². The third kappa shape index (κ3) is 2.56. The number of rotatable bonds is 1. The van der Waals surface area contributed by atoms with E-state index in [9.17, 15) is 0 Å². The van der Waals surface area contributed by atoms with Gasteiger partial charge in [0.25, 0.3) is 0 Å². The molecular formula is C19H30. The van der Waals surface area contributed by atoms with Crippen LogP contribution in [0.25, 0.3) is 0 Å². The summed E-state index contributed by atoms with van der Waals surface area (Å²) in [6, 6.07) is 0. The van der Waals surface area contributed by atoms with E-state index in [1.54, 1.807) is 11.1 Å². The van der Waals surface area contributed by atoms with Crippen molar-refractivity contribution in [2.45, 2.75) is 78.1 Å². The van der Waals surface area contributed by atoms with Gasteiger partial charge in [0.05, 0.1) is 0 Å². The molecule has 3 aliphatic rings. The molecule has 0 amide bonds. The van der Waals surface area contributed by atoms with E-state index in [1.165, 1.54) is 64.2 Å². The summed E-state index contributed by atoms with van der Waals surface area (Å²) in [5.41, 5.74) is 4.13. The lowest BCUT2D eigenvalue weighted by atomic mass is 9.64. The van der Waals surface area contributed by atoms with Gasteiger partial charge < -0.3 is 0 Å². The highest BCUT2D eigenvalue weighted by Gasteiger charge is 2.46. The van der Waals surface area contributed by atoms with Crippen LogP contribution in [0.15, 0.2) is 23.3 Å². The molecule has 0 aromatic heterocycles. The summed E-state index contributed by atoms with van der Waals surface area (Å²) in [5.74, 6) is 1.83. The van der Waals surface area contributed by atoms with Crippen molar-refractivity contribution in [1.82, 2.24) is 0 Å². The summed E-state index contributed by atoms with van der Waals surface area (Å²) in [4.78, 5) is 0. The van der Waals surface area contributed by atoms with Gasteiger partial charge in [0.1, 0.15) is 0 Å². The maximum Gasteiger partial charge on any atom is -0.0143 e. The first-order chi connectivity index (χ1) is 9.20. The fraction of sp³-hybridized carbons (Fsp3) is 0.789. The Balaban J connectivity index is 1.76. The molecular weight excluding hydrogens is 228 g/mol. The Hall–Kier alpha value is -0.520. The average molecular weight is 258 g/mol. The zero-order valence-electron chi connectivity index (χ0n) is 12.9. The second-order valence-corrected chi connectivity index (χ2v) is 7.52. The summed E-state index contributed by atoms with van der Waals surface area (Å²) < 4.78 is 0. The van der Waals surface area contributed by atoms with Gasteiger partial charge in [-0.15, -0.1) is 0 Å². The molecule has 0 radical (unpaired) electrons. The van der Waals surface area contributed by atoms with Crippen LogP contribution in [0.4, 0.5) is 0 Å². The van der Waals surface area contributed by atoms with Gasteiger partial charge >= 0.3 is 0 Å². The molecule has 0 nitrogen and oxygen atoms in total. The minimum absolute atomic E-state index is 0.620. The van der Waals surface area contributed by atoms with E-state index in [1.807, 2.05) is 0 Å². The zero-order valence-corrected chi connectivity index (χ0v) is 12.9. The van der Waals surface area contributed by atoms with Gasteiger partial charge in [0.2, 0.25) is 0 Å². The molecule has 0 aromatic carbocycles. The molecule has 0 heterocycles. The average Bonchev–Trinajstić information content (AvgIpc) is 2.74. The molecule has 19 heavy (non-hydrogen) atoms. The first-order valence-electron chi connectivity index (χ1n) is 8.58. The van der Waals surface area contributed by atoms with Crippen LogP contribution in [0.2, 0.25) is 0 Å². The zero-order chi connectivity index (χ0) is 13.3. The smallest absolute Gasteiger partial charge is 0.0143 e. The SMILES string of the molecule is CC1CCC2C(=CC=C3CCCCC3)CCC[C@]12C. The molecule has 3 rings (SSSR count). The normalized spacial score (nSPS) is 41.4. The quantitative estimate of drug-likeness (QED) is 0.538. The summed E-state index contributed by atoms with van der Waals surface area (Å²) in [7, 11) is 0. The first kappa shape index (κ1) is 13.5. The van der Waals surface area contributed by atoms with Gasteiger partial charge in [-0.25, -0.2) is 0 Å². The third-order valence-corrected chi connectivity index (χ3v) is 6.47. The predicted molar refractivity (Wildman–Crippen MR) is 83.1 cm³/mol. The van der Waals surface area contributed by atoms with E-state index < -0.39 is 0 Å². The second kappa shape index (κ2) is 5.46. The van der Waals surface area contributed by atoms with Crippen molar-refractivity contribution in [2.75, 3.05) is 0 Å². The van der Waals surface area contributed by atoms with E-state index in [2.05, 4.69) is 26.0 Å². The van der Waals surface area contributed by atoms with E-state index in [-0.39, 0.29) is 0 Å². The highest BCUT2D eigenvalue weighted by molar-refractivity contribution is 5.25. The lowest BCUT2D eigenvalue weighted by Gasteiger charge is -2.41. The maximum absolute atomic E-state index is 2.57. The number of hydrogen-bond acceptors (Lipinski definition) is 0. The molecule has 0 aromatic rings. The highest BCUT2D eigenvalue weighted by atomic mass is 14.5. The van der Waals surface area contributed by atoms with Crippen molar-refractivity contribution in [3.63, 3.8) is 0 Å². The standard InChI is InChI=1S/C19H30/c1-15-10-13-18-17(9-6-14-19(15,18)2)12-11-16-7-4-3-5-8-16/h11-12,15,18H,3-10,13-14H2,1-2H3/t15?,18?,19-/m1/s1. The van der Waals surface area contributed by atoms with Gasteiger partial charge in [-0.05, 0) is 75.0 Å². The molecule has 3 saturated carbocycles. The highest BCUT2D eigenvalue weighted by Crippen LogP contribution is 2.57. The van der Waals surface area contributed by atoms with Crippen LogP contribution in [0.5, 0.6) is 0 Å². The Kier molecular flexibility index (Phi) is 3.87. The Labute approximate surface area is 119 Å². The molecule has 106 valence electrons. The lowest BCUT2D eigenvalue weighted by molar-refractivity contribution is 0.147. The Bertz CT molecular complexity index is 379. The van der Waals surface area contributed by atoms with Crippen LogP contribution in [0, 0.1) is 17.3 Å². The van der Waals surface area contributed by atoms with Crippen molar-refractivity contribution in [1.29, 1.82) is 0 Å². The third-order valence-electron chi connectivity index (χ3n) is 6.47. The maximum atomic E-state index is 2.57. The molecule has 3 atom stereocenters. The minimum Gasteiger partial charge on any atom is -0.0702 e. The molecule has 0 N–H and O–H groups in total. The minimum atomic E-state index is 0.620. The van der Waals surface area contributed by atoms with Crippen molar-refractivity contribution in [3.05, 3.63) is 23.3 Å². The van der Waals surface area contributed by atoms with E-state index in [0.717, 1.165) is 11.8 Å². The Morgan fingerprint density at radius 1 is 0.947 bits per heavy atom. The summed E-state index contributed by atoms with van der Waals surface area (Å²) in [6.07, 6.45) is 19.2. The molecule has 0 bridgehead atoms. The van der Waals surface area contributed by atoms with Crippen LogP contribution in [0.3, 0.4) is 0 Å². The molecule has 3 aliphatic carbocycles. The van der Waals surface area contributed by atoms with Crippen molar-refractivity contribution >= 4 is 0 Å². The van der Waals surface area contributed by atoms with Crippen molar-refractivity contribution in [2.24, 2.45) is 17.3 Å². The van der Waals surface area contributed by atoms with E-state index in [4.69, 9.17) is 0 Å². The van der Waals surface area contributed by atoms with Gasteiger partial charge in [-0.1, -0.05) is 43.6 Å². The van der Waals surface area contributed by atoms with Crippen LogP contribution >= 0.6 is 0 Å². The van der Waals surface area contributed by atoms with Crippen LogP contribution < -0.4 is 0 Å². The van der Waals surface area contributed by atoms with Gasteiger partial charge in [-0.2, -0.15) is 0 Å². The van der Waals surface area contributed by atoms with Gasteiger partial charge in [0.15, 0.2) is 0 Å². The van der Waals surface area contributed by atoms with Crippen LogP contribution in [-0.4, -0.2) is 0 Å². The summed E-state index contributed by atoms with van der Waals surface area (Å²) in [6.45, 7) is 5.05. The van der Waals surface area contributed by atoms with E-state index >= 15 is 0 Å². The largest absolute Gasteiger partial charge is 0.0702 e. The van der Waals surface area contributed by atoms with Crippen molar-refractivity contribution in [3.8, 4) is 0 Å². The number of fused-ring (bicyclic) bond motifs is 1. The summed E-state index contributed by atoms with van der Waals surface area (Å²) in [5, 5.41) is 0. The Morgan fingerprint density at radius 2 is 1.74 bits per heavy atom. The fourth-order valence-corrected chi connectivity index (χ4v) is 4.89. The lowest BCUT2D eigenvalue weighted by Crippen LogP contribution is -2.31. The van der Waals surface area contributed by atoms with Crippen LogP contribution in [0.1, 0.15) is 78.1 Å². The summed E-state index contributed by atoms with van der Waals surface area (Å²) >= 11 is 0. The second-order valence-electron chi connectivity index (χ2n) is 7.52. The fourth-order valence-electron chi connectivity index (χ4n) is 4.89. The Morgan fingerprint density at radius 3 is 2.53 bits per heavy atom. The molecule has 0 heteroatoms.